The van der Waals surface area contributed by atoms with Gasteiger partial charge in [0.25, 0.3) is 5.91 Å². The second-order valence-electron chi connectivity index (χ2n) is 3.51. The van der Waals surface area contributed by atoms with E-state index in [1.54, 1.807) is 24.3 Å². The van der Waals surface area contributed by atoms with Crippen LogP contribution in [0.2, 0.25) is 0 Å². The number of methoxy groups -OCH3 is 1. The van der Waals surface area contributed by atoms with Gasteiger partial charge in [-0.25, -0.2) is 0 Å². The molecule has 2 aromatic rings. The van der Waals surface area contributed by atoms with Crippen LogP contribution in [0.15, 0.2) is 34.1 Å². The highest BCUT2D eigenvalue weighted by Crippen LogP contribution is 2.28. The molecule has 0 aliphatic rings. The summed E-state index contributed by atoms with van der Waals surface area (Å²) in [7, 11) is 1.54. The van der Waals surface area contributed by atoms with E-state index in [2.05, 4.69) is 21.2 Å². The predicted molar refractivity (Wildman–Crippen MR) is 77.4 cm³/mol. The van der Waals surface area contributed by atoms with Crippen molar-refractivity contribution in [1.29, 1.82) is 0 Å². The van der Waals surface area contributed by atoms with Gasteiger partial charge in [0.15, 0.2) is 0 Å². The number of nitrogens with two attached hydrogens (primary N) is 1. The lowest BCUT2D eigenvalue weighted by Crippen LogP contribution is -2.11. The predicted octanol–water partition coefficient (Wildman–Crippen LogP) is 3.35. The van der Waals surface area contributed by atoms with Crippen molar-refractivity contribution in [1.82, 2.24) is 0 Å². The van der Waals surface area contributed by atoms with Crippen LogP contribution in [0.5, 0.6) is 5.75 Å². The molecule has 0 radical (unpaired) electrons. The fourth-order valence-corrected chi connectivity index (χ4v) is 2.54. The molecule has 0 aliphatic carbocycles. The van der Waals surface area contributed by atoms with Crippen LogP contribution in [-0.4, -0.2) is 13.0 Å². The summed E-state index contributed by atoms with van der Waals surface area (Å²) in [6, 6.07) is 7.00. The molecule has 0 atom stereocenters. The van der Waals surface area contributed by atoms with E-state index in [1.165, 1.54) is 18.4 Å². The molecule has 6 heteroatoms. The first-order valence-corrected chi connectivity index (χ1v) is 6.77. The molecule has 0 saturated carbocycles. The Balaban J connectivity index is 2.24. The van der Waals surface area contributed by atoms with Crippen LogP contribution in [0.25, 0.3) is 0 Å². The number of ether oxygens (including phenoxy) is 1. The molecular weight excluding hydrogens is 316 g/mol. The van der Waals surface area contributed by atoms with Gasteiger partial charge in [-0.1, -0.05) is 0 Å². The lowest BCUT2D eigenvalue weighted by molar-refractivity contribution is 0.102. The van der Waals surface area contributed by atoms with Crippen molar-refractivity contribution in [2.45, 2.75) is 0 Å². The van der Waals surface area contributed by atoms with Crippen molar-refractivity contribution in [3.05, 3.63) is 39.0 Å². The Bertz CT molecular complexity index is 583. The van der Waals surface area contributed by atoms with Gasteiger partial charge >= 0.3 is 0 Å². The minimum absolute atomic E-state index is 0.215. The van der Waals surface area contributed by atoms with Gasteiger partial charge in [-0.05, 0) is 45.6 Å². The number of nitrogens with one attached hydrogen (secondary N) is 1. The summed E-state index contributed by atoms with van der Waals surface area (Å²) in [5, 5.41) is 4.60. The Morgan fingerprint density at radius 1 is 1.44 bits per heavy atom. The Labute approximate surface area is 117 Å². The van der Waals surface area contributed by atoms with Crippen molar-refractivity contribution in [3.63, 3.8) is 0 Å². The molecule has 3 N–H and O–H groups in total. The van der Waals surface area contributed by atoms with Crippen LogP contribution < -0.4 is 15.8 Å². The fourth-order valence-electron chi connectivity index (χ4n) is 1.44. The number of carbonyl (C=O) groups excluding carboxylic acids is 1. The third-order valence-corrected chi connectivity index (χ3v) is 3.88. The van der Waals surface area contributed by atoms with E-state index in [4.69, 9.17) is 10.5 Å². The highest BCUT2D eigenvalue weighted by Gasteiger charge is 2.15. The third-order valence-electron chi connectivity index (χ3n) is 2.29. The molecule has 0 fully saturated rings. The van der Waals surface area contributed by atoms with Gasteiger partial charge in [-0.15, -0.1) is 11.3 Å². The smallest absolute Gasteiger partial charge is 0.269 e. The quantitative estimate of drug-likeness (QED) is 0.850. The first-order valence-electron chi connectivity index (χ1n) is 5.09. The minimum Gasteiger partial charge on any atom is -0.495 e. The van der Waals surface area contributed by atoms with Gasteiger partial charge in [0, 0.05) is 10.2 Å². The number of anilines is 2. The van der Waals surface area contributed by atoms with Gasteiger partial charge in [0.2, 0.25) is 0 Å². The van der Waals surface area contributed by atoms with Crippen LogP contribution in [0, 0.1) is 0 Å². The molecule has 18 heavy (non-hydrogen) atoms. The molecule has 2 rings (SSSR count). The van der Waals surface area contributed by atoms with Gasteiger partial charge in [0.05, 0.1) is 12.8 Å². The molecule has 0 bridgehead atoms. The molecule has 0 spiro atoms. The topological polar surface area (TPSA) is 64.3 Å². The van der Waals surface area contributed by atoms with Gasteiger partial charge in [-0.3, -0.25) is 4.79 Å². The number of nitrogen functional groups attached to an aromatic ring is 1. The Morgan fingerprint density at radius 3 is 2.94 bits per heavy atom. The maximum atomic E-state index is 12.1. The molecule has 1 aromatic heterocycles. The minimum atomic E-state index is -0.215. The van der Waals surface area contributed by atoms with Crippen LogP contribution >= 0.6 is 27.3 Å². The van der Waals surface area contributed by atoms with E-state index in [0.717, 1.165) is 4.47 Å². The van der Waals surface area contributed by atoms with Crippen LogP contribution in [0.3, 0.4) is 0 Å². The van der Waals surface area contributed by atoms with Crippen molar-refractivity contribution in [2.75, 3.05) is 18.2 Å². The zero-order valence-electron chi connectivity index (χ0n) is 9.57. The lowest BCUT2D eigenvalue weighted by Gasteiger charge is -2.08. The highest BCUT2D eigenvalue weighted by atomic mass is 79.9. The molecule has 0 saturated heterocycles. The average molecular weight is 327 g/mol. The summed E-state index contributed by atoms with van der Waals surface area (Å²) >= 11 is 4.69. The maximum absolute atomic E-state index is 12.1. The van der Waals surface area contributed by atoms with Crippen molar-refractivity contribution >= 4 is 44.5 Å². The molecule has 1 heterocycles. The van der Waals surface area contributed by atoms with E-state index in [-0.39, 0.29) is 5.91 Å². The van der Waals surface area contributed by atoms with E-state index in [1.807, 2.05) is 5.38 Å². The first-order chi connectivity index (χ1) is 8.61. The number of thiophene rings is 1. The monoisotopic (exact) mass is 326 g/mol. The van der Waals surface area contributed by atoms with Crippen molar-refractivity contribution in [3.8, 4) is 5.75 Å². The number of carbonyl (C=O) groups is 1. The first kappa shape index (κ1) is 12.9. The molecule has 0 aliphatic heterocycles. The summed E-state index contributed by atoms with van der Waals surface area (Å²) in [6.45, 7) is 0. The molecule has 4 nitrogen and oxygen atoms in total. The summed E-state index contributed by atoms with van der Waals surface area (Å²) in [5.41, 5.74) is 6.91. The number of benzene rings is 1. The van der Waals surface area contributed by atoms with Gasteiger partial charge in [-0.2, -0.15) is 0 Å². The van der Waals surface area contributed by atoms with Crippen LogP contribution in [0.1, 0.15) is 9.67 Å². The van der Waals surface area contributed by atoms with Crippen LogP contribution in [-0.2, 0) is 0 Å². The fraction of sp³-hybridized carbons (Fsp3) is 0.0833. The van der Waals surface area contributed by atoms with Crippen LogP contribution in [0.4, 0.5) is 11.4 Å². The number of hydrogen-bond donors (Lipinski definition) is 2. The summed E-state index contributed by atoms with van der Waals surface area (Å²) < 4.78 is 5.89. The zero-order chi connectivity index (χ0) is 13.1. The number of halogens is 1. The molecule has 0 unspecified atom stereocenters. The van der Waals surface area contributed by atoms with E-state index < -0.39 is 0 Å². The second-order valence-corrected chi connectivity index (χ2v) is 5.28. The molecule has 94 valence electrons. The van der Waals surface area contributed by atoms with Crippen molar-refractivity contribution < 1.29 is 9.53 Å². The highest BCUT2D eigenvalue weighted by molar-refractivity contribution is 9.10. The Hall–Kier alpha value is -1.53. The summed E-state index contributed by atoms with van der Waals surface area (Å²) in [4.78, 5) is 12.6. The Kier molecular flexibility index (Phi) is 3.88. The van der Waals surface area contributed by atoms with Crippen molar-refractivity contribution in [2.24, 2.45) is 0 Å². The van der Waals surface area contributed by atoms with E-state index in [0.29, 0.717) is 22.0 Å². The summed E-state index contributed by atoms with van der Waals surface area (Å²) in [6.07, 6.45) is 0. The van der Waals surface area contributed by atoms with E-state index >= 15 is 0 Å². The Morgan fingerprint density at radius 2 is 2.22 bits per heavy atom. The van der Waals surface area contributed by atoms with Gasteiger partial charge < -0.3 is 15.8 Å². The number of rotatable bonds is 3. The largest absolute Gasteiger partial charge is 0.495 e. The molecule has 1 amide bonds. The van der Waals surface area contributed by atoms with Gasteiger partial charge in [0.1, 0.15) is 10.6 Å². The number of amides is 1. The SMILES string of the molecule is COc1ccsc1C(=O)Nc1cc(N)ccc1Br. The lowest BCUT2D eigenvalue weighted by atomic mass is 10.2. The molecular formula is C12H11BrN2O2S. The van der Waals surface area contributed by atoms with E-state index in [9.17, 15) is 4.79 Å². The standard InChI is InChI=1S/C12H11BrN2O2S/c1-17-10-4-5-18-11(10)12(16)15-9-6-7(14)2-3-8(9)13/h2-6H,14H2,1H3,(H,15,16). The average Bonchev–Trinajstić information content (AvgIpc) is 2.82. The second kappa shape index (κ2) is 5.41. The summed E-state index contributed by atoms with van der Waals surface area (Å²) in [5.74, 6) is 0.352. The molecule has 1 aromatic carbocycles. The number of hydrogen-bond acceptors (Lipinski definition) is 4. The third kappa shape index (κ3) is 2.65. The zero-order valence-corrected chi connectivity index (χ0v) is 12.0. The maximum Gasteiger partial charge on any atom is 0.269 e. The normalized spacial score (nSPS) is 10.1.